The Labute approximate surface area is 142 Å². The van der Waals surface area contributed by atoms with Crippen molar-refractivity contribution in [3.05, 3.63) is 40.5 Å². The quantitative estimate of drug-likeness (QED) is 0.803. The number of ether oxygens (including phenoxy) is 1. The van der Waals surface area contributed by atoms with Crippen LogP contribution >= 0.6 is 0 Å². The lowest BCUT2D eigenvalue weighted by Crippen LogP contribution is -2.50. The van der Waals surface area contributed by atoms with Crippen molar-refractivity contribution in [1.82, 2.24) is 4.90 Å². The van der Waals surface area contributed by atoms with Crippen molar-refractivity contribution < 1.29 is 9.53 Å². The SMILES string of the molecule is Cc1cc2c(cc1C#N)CC=C2C(=O)OCC12CCN(CC1)CC2. The summed E-state index contributed by atoms with van der Waals surface area (Å²) in [6, 6.07) is 6.06. The Bertz CT molecular complexity index is 751. The van der Waals surface area contributed by atoms with Gasteiger partial charge in [-0.2, -0.15) is 5.26 Å². The molecule has 0 radical (unpaired) electrons. The molecule has 1 aromatic carbocycles. The average Bonchev–Trinajstić information content (AvgIpc) is 3.03. The Morgan fingerprint density at radius 2 is 2.00 bits per heavy atom. The van der Waals surface area contributed by atoms with E-state index in [1.54, 1.807) is 0 Å². The molecule has 3 aliphatic heterocycles. The molecule has 124 valence electrons. The molecule has 5 rings (SSSR count). The Kier molecular flexibility index (Phi) is 3.69. The monoisotopic (exact) mass is 322 g/mol. The van der Waals surface area contributed by atoms with E-state index in [0.29, 0.717) is 24.2 Å². The van der Waals surface area contributed by atoms with Crippen molar-refractivity contribution in [2.75, 3.05) is 26.2 Å². The van der Waals surface area contributed by atoms with E-state index in [2.05, 4.69) is 11.0 Å². The van der Waals surface area contributed by atoms with Crippen LogP contribution in [-0.4, -0.2) is 37.1 Å². The number of hydrogen-bond donors (Lipinski definition) is 0. The number of carbonyl (C=O) groups is 1. The van der Waals surface area contributed by atoms with Crippen LogP contribution < -0.4 is 0 Å². The largest absolute Gasteiger partial charge is 0.461 e. The molecule has 24 heavy (non-hydrogen) atoms. The molecule has 3 heterocycles. The second-order valence-corrected chi connectivity index (χ2v) is 7.43. The second-order valence-electron chi connectivity index (χ2n) is 7.43. The fraction of sp³-hybridized carbons (Fsp3) is 0.500. The van der Waals surface area contributed by atoms with Gasteiger partial charge in [0.15, 0.2) is 0 Å². The Morgan fingerprint density at radius 1 is 1.29 bits per heavy atom. The molecule has 2 bridgehead atoms. The molecule has 4 heteroatoms. The summed E-state index contributed by atoms with van der Waals surface area (Å²) in [5.74, 6) is -0.208. The van der Waals surface area contributed by atoms with Crippen LogP contribution in [0.4, 0.5) is 0 Å². The number of fused-ring (bicyclic) bond motifs is 4. The number of piperidine rings is 3. The summed E-state index contributed by atoms with van der Waals surface area (Å²) >= 11 is 0. The fourth-order valence-electron chi connectivity index (χ4n) is 4.22. The van der Waals surface area contributed by atoms with Crippen molar-refractivity contribution in [3.63, 3.8) is 0 Å². The second kappa shape index (κ2) is 5.75. The highest BCUT2D eigenvalue weighted by molar-refractivity contribution is 6.18. The summed E-state index contributed by atoms with van der Waals surface area (Å²) in [6.07, 6.45) is 6.06. The van der Waals surface area contributed by atoms with E-state index in [4.69, 9.17) is 10.00 Å². The van der Waals surface area contributed by atoms with E-state index < -0.39 is 0 Å². The topological polar surface area (TPSA) is 53.3 Å². The predicted octanol–water partition coefficient (Wildman–Crippen LogP) is 2.84. The van der Waals surface area contributed by atoms with Gasteiger partial charge in [-0.25, -0.2) is 4.79 Å². The van der Waals surface area contributed by atoms with E-state index in [1.807, 2.05) is 25.1 Å². The number of aryl methyl sites for hydroxylation is 1. The van der Waals surface area contributed by atoms with Crippen LogP contribution in [0.3, 0.4) is 0 Å². The van der Waals surface area contributed by atoms with Gasteiger partial charge in [0, 0.05) is 5.41 Å². The normalized spacial score (nSPS) is 27.3. The molecule has 3 saturated heterocycles. The van der Waals surface area contributed by atoms with Crippen LogP contribution in [0.15, 0.2) is 18.2 Å². The van der Waals surface area contributed by atoms with Crippen LogP contribution in [0.2, 0.25) is 0 Å². The summed E-state index contributed by atoms with van der Waals surface area (Å²) in [7, 11) is 0. The number of nitrogens with zero attached hydrogens (tertiary/aromatic N) is 2. The molecule has 0 spiro atoms. The number of hydrogen-bond acceptors (Lipinski definition) is 4. The van der Waals surface area contributed by atoms with Gasteiger partial charge in [-0.15, -0.1) is 0 Å². The van der Waals surface area contributed by atoms with Gasteiger partial charge in [0.1, 0.15) is 0 Å². The van der Waals surface area contributed by atoms with E-state index in [0.717, 1.165) is 55.6 Å². The predicted molar refractivity (Wildman–Crippen MR) is 91.3 cm³/mol. The molecule has 3 fully saturated rings. The molecule has 0 amide bonds. The minimum absolute atomic E-state index is 0.201. The molecular formula is C20H22N2O2. The maximum atomic E-state index is 12.6. The maximum absolute atomic E-state index is 12.6. The van der Waals surface area contributed by atoms with Gasteiger partial charge in [0.25, 0.3) is 0 Å². The van der Waals surface area contributed by atoms with Gasteiger partial charge in [-0.3, -0.25) is 0 Å². The van der Waals surface area contributed by atoms with Crippen molar-refractivity contribution in [2.24, 2.45) is 5.41 Å². The summed E-state index contributed by atoms with van der Waals surface area (Å²) < 4.78 is 5.75. The van der Waals surface area contributed by atoms with Gasteiger partial charge in [0.2, 0.25) is 0 Å². The highest BCUT2D eigenvalue weighted by Crippen LogP contribution is 2.40. The Balaban J connectivity index is 1.47. The number of allylic oxidation sites excluding steroid dienone is 1. The zero-order chi connectivity index (χ0) is 16.7. The number of rotatable bonds is 3. The van der Waals surface area contributed by atoms with Gasteiger partial charge in [0.05, 0.1) is 23.8 Å². The standard InChI is InChI=1S/C20H22N2O2/c1-14-10-18-15(11-16(14)12-21)2-3-17(18)19(23)24-13-20-4-7-22(8-5-20)9-6-20/h3,10-11H,2,4-9,13H2,1H3. The Morgan fingerprint density at radius 3 is 2.67 bits per heavy atom. The lowest BCUT2D eigenvalue weighted by Gasteiger charge is -2.47. The number of carbonyl (C=O) groups excluding carboxylic acids is 1. The molecule has 1 aromatic rings. The molecule has 0 N–H and O–H groups in total. The number of esters is 1. The highest BCUT2D eigenvalue weighted by atomic mass is 16.5. The van der Waals surface area contributed by atoms with Gasteiger partial charge in [-0.05, 0) is 81.1 Å². The van der Waals surface area contributed by atoms with Crippen LogP contribution in [0.25, 0.3) is 5.57 Å². The summed E-state index contributed by atoms with van der Waals surface area (Å²) in [6.45, 7) is 5.87. The molecule has 0 unspecified atom stereocenters. The molecule has 0 atom stereocenters. The zero-order valence-corrected chi connectivity index (χ0v) is 14.1. The van der Waals surface area contributed by atoms with Crippen LogP contribution in [0, 0.1) is 23.7 Å². The van der Waals surface area contributed by atoms with E-state index in [1.165, 1.54) is 0 Å². The maximum Gasteiger partial charge on any atom is 0.338 e. The van der Waals surface area contributed by atoms with Crippen molar-refractivity contribution >= 4 is 11.5 Å². The van der Waals surface area contributed by atoms with Crippen molar-refractivity contribution in [3.8, 4) is 6.07 Å². The molecule has 4 nitrogen and oxygen atoms in total. The smallest absolute Gasteiger partial charge is 0.338 e. The summed E-state index contributed by atoms with van der Waals surface area (Å²) in [5, 5.41) is 9.15. The van der Waals surface area contributed by atoms with Crippen LogP contribution in [0.5, 0.6) is 0 Å². The first-order valence-corrected chi connectivity index (χ1v) is 8.74. The number of nitriles is 1. The minimum Gasteiger partial charge on any atom is -0.461 e. The third kappa shape index (κ3) is 2.53. The van der Waals surface area contributed by atoms with E-state index in [9.17, 15) is 4.79 Å². The minimum atomic E-state index is -0.208. The van der Waals surface area contributed by atoms with Gasteiger partial charge in [-0.1, -0.05) is 6.08 Å². The average molecular weight is 322 g/mol. The number of benzene rings is 1. The third-order valence-corrected chi connectivity index (χ3v) is 5.99. The fourth-order valence-corrected chi connectivity index (χ4v) is 4.22. The third-order valence-electron chi connectivity index (χ3n) is 5.99. The van der Waals surface area contributed by atoms with Crippen LogP contribution in [0.1, 0.15) is 41.5 Å². The summed E-state index contributed by atoms with van der Waals surface area (Å²) in [4.78, 5) is 15.1. The molecule has 1 aliphatic carbocycles. The Hall–Kier alpha value is -2.12. The van der Waals surface area contributed by atoms with Gasteiger partial charge < -0.3 is 9.64 Å². The zero-order valence-electron chi connectivity index (χ0n) is 14.1. The molecule has 4 aliphatic rings. The first-order chi connectivity index (χ1) is 11.6. The van der Waals surface area contributed by atoms with Crippen LogP contribution in [-0.2, 0) is 16.0 Å². The highest BCUT2D eigenvalue weighted by Gasteiger charge is 2.40. The van der Waals surface area contributed by atoms with Crippen molar-refractivity contribution in [2.45, 2.75) is 32.6 Å². The molecule has 0 aromatic heterocycles. The molecule has 0 saturated carbocycles. The van der Waals surface area contributed by atoms with Gasteiger partial charge >= 0.3 is 5.97 Å². The lowest BCUT2D eigenvalue weighted by atomic mass is 9.73. The first kappa shape index (κ1) is 15.4. The molecular weight excluding hydrogens is 300 g/mol. The van der Waals surface area contributed by atoms with E-state index >= 15 is 0 Å². The van der Waals surface area contributed by atoms with E-state index in [-0.39, 0.29) is 11.4 Å². The summed E-state index contributed by atoms with van der Waals surface area (Å²) in [5.41, 5.74) is 4.45. The lowest BCUT2D eigenvalue weighted by molar-refractivity contribution is -0.143. The first-order valence-electron chi connectivity index (χ1n) is 8.74. The van der Waals surface area contributed by atoms with Crippen molar-refractivity contribution in [1.29, 1.82) is 5.26 Å².